The maximum atomic E-state index is 10.5. The average Bonchev–Trinajstić information content (AvgIpc) is 2.16. The van der Waals surface area contributed by atoms with Crippen LogP contribution < -0.4 is 0 Å². The van der Waals surface area contributed by atoms with E-state index < -0.39 is 11.9 Å². The molecule has 0 aliphatic heterocycles. The summed E-state index contributed by atoms with van der Waals surface area (Å²) in [6.45, 7) is 3.69. The lowest BCUT2D eigenvalue weighted by molar-refractivity contribution is -0.141. The third kappa shape index (κ3) is 22.2. The van der Waals surface area contributed by atoms with E-state index in [1.54, 1.807) is 0 Å². The van der Waals surface area contributed by atoms with Crippen molar-refractivity contribution in [3.05, 3.63) is 0 Å². The van der Waals surface area contributed by atoms with Gasteiger partial charge in [-0.15, -0.1) is 0 Å². The van der Waals surface area contributed by atoms with Crippen molar-refractivity contribution in [2.45, 2.75) is 52.4 Å². The van der Waals surface area contributed by atoms with Crippen molar-refractivity contribution in [1.82, 2.24) is 0 Å². The third-order valence-corrected chi connectivity index (χ3v) is 1.75. The first-order valence-electron chi connectivity index (χ1n) is 5.80. The van der Waals surface area contributed by atoms with Crippen LogP contribution in [-0.2, 0) is 19.2 Å². The lowest BCUT2D eigenvalue weighted by atomic mass is 10.2. The summed E-state index contributed by atoms with van der Waals surface area (Å²) in [5, 5.41) is 16.2. The summed E-state index contributed by atoms with van der Waals surface area (Å²) in [5.41, 5.74) is 0. The first-order chi connectivity index (χ1) is 8.33. The van der Waals surface area contributed by atoms with Crippen LogP contribution in [0.4, 0.5) is 0 Å². The molecule has 0 aliphatic rings. The van der Waals surface area contributed by atoms with Gasteiger partial charge in [-0.1, -0.05) is 13.8 Å². The highest BCUT2D eigenvalue weighted by molar-refractivity contribution is 5.95. The van der Waals surface area contributed by atoms with Gasteiger partial charge in [0.15, 0.2) is 0 Å². The first-order valence-corrected chi connectivity index (χ1v) is 5.80. The second-order valence-corrected chi connectivity index (χ2v) is 3.72. The molecule has 0 amide bonds. The average molecular weight is 292 g/mol. The molecular weight excluding hydrogens is 268 g/mol. The largest absolute Gasteiger partial charge is 0.481 e. The molecule has 0 spiro atoms. The van der Waals surface area contributed by atoms with E-state index in [0.29, 0.717) is 12.8 Å². The Labute approximate surface area is 117 Å². The molecule has 0 bridgehead atoms. The number of ketones is 2. The number of carbonyl (C=O) groups excluding carboxylic acids is 2. The second kappa shape index (κ2) is 14.6. The van der Waals surface area contributed by atoms with Crippen molar-refractivity contribution in [2.24, 2.45) is 0 Å². The van der Waals surface area contributed by atoms with E-state index in [9.17, 15) is 19.2 Å². The van der Waals surface area contributed by atoms with Gasteiger partial charge in [-0.05, 0) is 23.8 Å². The molecule has 0 aromatic carbocycles. The molecule has 112 valence electrons. The lowest BCUT2D eigenvalue weighted by Gasteiger charge is -1.90. The molecule has 0 heterocycles. The minimum Gasteiger partial charge on any atom is -0.481 e. The van der Waals surface area contributed by atoms with Crippen molar-refractivity contribution in [3.63, 3.8) is 0 Å². The highest BCUT2D eigenvalue weighted by Gasteiger charge is 2.05. The van der Waals surface area contributed by atoms with Crippen molar-refractivity contribution >= 4 is 34.5 Å². The van der Waals surface area contributed by atoms with E-state index >= 15 is 0 Å². The molecule has 2 N–H and O–H groups in total. The summed E-state index contributed by atoms with van der Waals surface area (Å²) < 4.78 is 0. The summed E-state index contributed by atoms with van der Waals surface area (Å²) >= 11 is 0. The molecule has 7 heteroatoms. The molecule has 0 fully saturated rings. The Hall–Kier alpha value is -1.50. The van der Waals surface area contributed by atoms with Gasteiger partial charge in [0.05, 0.1) is 0 Å². The number of aliphatic carboxylic acids is 2. The van der Waals surface area contributed by atoms with Gasteiger partial charge >= 0.3 is 11.9 Å². The minimum absolute atomic E-state index is 0. The van der Waals surface area contributed by atoms with E-state index in [-0.39, 0.29) is 35.4 Å². The number of hydrogen-bond acceptors (Lipinski definition) is 4. The first kappa shape index (κ1) is 22.7. The van der Waals surface area contributed by atoms with Crippen LogP contribution >= 0.6 is 0 Å². The van der Waals surface area contributed by atoms with Crippen molar-refractivity contribution in [2.75, 3.05) is 0 Å². The van der Waals surface area contributed by atoms with Crippen LogP contribution in [0.2, 0.25) is 0 Å². The Morgan fingerprint density at radius 1 is 0.737 bits per heavy atom. The van der Waals surface area contributed by atoms with E-state index in [1.807, 2.05) is 13.8 Å². The number of hydrogen-bond donors (Lipinski definition) is 2. The molecule has 19 heavy (non-hydrogen) atoms. The van der Waals surface area contributed by atoms with Crippen molar-refractivity contribution in [1.29, 1.82) is 0 Å². The van der Waals surface area contributed by atoms with Crippen molar-refractivity contribution in [3.8, 4) is 0 Å². The zero-order valence-corrected chi connectivity index (χ0v) is 10.8. The summed E-state index contributed by atoms with van der Waals surface area (Å²) in [5.74, 6) is -2.45. The zero-order chi connectivity index (χ0) is 14.6. The zero-order valence-electron chi connectivity index (χ0n) is 10.8. The topological polar surface area (TPSA) is 109 Å². The monoisotopic (exact) mass is 292 g/mol. The molecule has 0 saturated carbocycles. The second-order valence-electron chi connectivity index (χ2n) is 3.72. The van der Waals surface area contributed by atoms with Gasteiger partial charge in [-0.25, -0.2) is 0 Å². The Morgan fingerprint density at radius 2 is 1.00 bits per heavy atom. The third-order valence-electron chi connectivity index (χ3n) is 1.75. The minimum atomic E-state index is -1.03. The highest BCUT2D eigenvalue weighted by atomic mass is 28.1. The predicted molar refractivity (Wildman–Crippen MR) is 75.7 cm³/mol. The summed E-state index contributed by atoms with van der Waals surface area (Å²) in [6, 6.07) is 0. The van der Waals surface area contributed by atoms with Gasteiger partial charge in [0, 0.05) is 12.8 Å². The van der Waals surface area contributed by atoms with Gasteiger partial charge in [-0.2, -0.15) is 0 Å². The van der Waals surface area contributed by atoms with Crippen LogP contribution in [0.3, 0.4) is 0 Å². The molecule has 0 radical (unpaired) electrons. The predicted octanol–water partition coefficient (Wildman–Crippen LogP) is 0.209. The van der Waals surface area contributed by atoms with Crippen LogP contribution in [0, 0.1) is 0 Å². The van der Waals surface area contributed by atoms with Crippen LogP contribution in [0.5, 0.6) is 0 Å². The van der Waals surface area contributed by atoms with E-state index in [1.165, 1.54) is 0 Å². The fourth-order valence-electron chi connectivity index (χ4n) is 1.07. The standard InChI is InChI=1S/2C6H10O3.H4Si/c2*1-2-3-5(7)4-6(8)9;/h2*2-4H2,1H3,(H,8,9);1H4. The molecule has 6 nitrogen and oxygen atoms in total. The quantitative estimate of drug-likeness (QED) is 0.489. The molecule has 0 unspecified atom stereocenters. The van der Waals surface area contributed by atoms with Gasteiger partial charge < -0.3 is 10.2 Å². The molecule has 0 atom stereocenters. The number of carboxylic acids is 2. The maximum Gasteiger partial charge on any atom is 0.310 e. The fraction of sp³-hybridized carbons (Fsp3) is 0.667. The van der Waals surface area contributed by atoms with Gasteiger partial charge in [0.25, 0.3) is 0 Å². The van der Waals surface area contributed by atoms with E-state index in [0.717, 1.165) is 12.8 Å². The lowest BCUT2D eigenvalue weighted by Crippen LogP contribution is -2.05. The number of Topliss-reactive ketones (excluding diaryl/α,β-unsaturated/α-hetero) is 2. The van der Waals surface area contributed by atoms with E-state index in [4.69, 9.17) is 10.2 Å². The van der Waals surface area contributed by atoms with Gasteiger partial charge in [0.1, 0.15) is 24.4 Å². The van der Waals surface area contributed by atoms with Crippen LogP contribution in [0.15, 0.2) is 0 Å². The normalized spacial score (nSPS) is 8.53. The Balaban J connectivity index is -0.000000256. The molecule has 0 aromatic rings. The van der Waals surface area contributed by atoms with Crippen molar-refractivity contribution < 1.29 is 29.4 Å². The van der Waals surface area contributed by atoms with Gasteiger partial charge in [-0.3, -0.25) is 19.2 Å². The number of carbonyl (C=O) groups is 4. The van der Waals surface area contributed by atoms with Gasteiger partial charge in [0.2, 0.25) is 0 Å². The maximum absolute atomic E-state index is 10.5. The summed E-state index contributed by atoms with van der Waals surface area (Å²) in [7, 11) is 0. The molecule has 0 saturated heterocycles. The Kier molecular flexibility index (Phi) is 17.4. The van der Waals surface area contributed by atoms with E-state index in [2.05, 4.69) is 0 Å². The highest BCUT2D eigenvalue weighted by Crippen LogP contribution is 1.93. The Bertz CT molecular complexity index is 271. The molecular formula is C12H24O6Si. The van der Waals surface area contributed by atoms with Crippen LogP contribution in [0.25, 0.3) is 0 Å². The smallest absolute Gasteiger partial charge is 0.310 e. The van der Waals surface area contributed by atoms with Crippen LogP contribution in [0.1, 0.15) is 52.4 Å². The summed E-state index contributed by atoms with van der Waals surface area (Å²) in [6.07, 6.45) is 1.57. The Morgan fingerprint density at radius 3 is 1.16 bits per heavy atom. The molecule has 0 rings (SSSR count). The number of rotatable bonds is 8. The van der Waals surface area contributed by atoms with Crippen LogP contribution in [-0.4, -0.2) is 44.7 Å². The molecule has 0 aliphatic carbocycles. The molecule has 0 aromatic heterocycles. The summed E-state index contributed by atoms with van der Waals surface area (Å²) in [4.78, 5) is 40.7. The number of carboxylic acid groups (broad SMARTS) is 2. The fourth-order valence-corrected chi connectivity index (χ4v) is 1.07. The SMILES string of the molecule is CCCC(=O)CC(=O)O.CCCC(=O)CC(=O)O.[SiH4].